The van der Waals surface area contributed by atoms with E-state index >= 15 is 0 Å². The molecule has 3 heteroatoms. The van der Waals surface area contributed by atoms with Crippen molar-refractivity contribution in [2.75, 3.05) is 12.3 Å². The second-order valence-corrected chi connectivity index (χ2v) is 5.75. The lowest BCUT2D eigenvalue weighted by Crippen LogP contribution is -2.00. The fraction of sp³-hybridized carbons (Fsp3) is 0.294. The number of benzene rings is 2. The fourth-order valence-electron chi connectivity index (χ4n) is 1.92. The van der Waals surface area contributed by atoms with Gasteiger partial charge in [0.2, 0.25) is 0 Å². The van der Waals surface area contributed by atoms with E-state index in [9.17, 15) is 0 Å². The van der Waals surface area contributed by atoms with Crippen LogP contribution < -0.4 is 10.5 Å². The number of para-hydroxylation sites is 1. The number of aryl methyl sites for hydroxylation is 1. The van der Waals surface area contributed by atoms with Gasteiger partial charge >= 0.3 is 0 Å². The van der Waals surface area contributed by atoms with E-state index in [1.165, 1.54) is 11.1 Å². The van der Waals surface area contributed by atoms with Crippen molar-refractivity contribution in [3.8, 4) is 5.75 Å². The van der Waals surface area contributed by atoms with Crippen LogP contribution in [-0.4, -0.2) is 6.61 Å². The van der Waals surface area contributed by atoms with E-state index in [4.69, 9.17) is 10.5 Å². The molecule has 0 radical (unpaired) electrons. The molecule has 0 bridgehead atoms. The molecule has 0 saturated heterocycles. The van der Waals surface area contributed by atoms with Gasteiger partial charge in [0.15, 0.2) is 0 Å². The summed E-state index contributed by atoms with van der Waals surface area (Å²) in [5, 5.41) is 0. The standard InChI is InChI=1S/C17H21NOS/c1-3-11-19-15-9-6-10-16(17(15)18)20-12-14-8-5-4-7-13(14)2/h4-10H,3,11-12,18H2,1-2H3. The Kier molecular flexibility index (Phi) is 5.36. The summed E-state index contributed by atoms with van der Waals surface area (Å²) in [5.74, 6) is 1.72. The topological polar surface area (TPSA) is 35.2 Å². The van der Waals surface area contributed by atoms with E-state index in [-0.39, 0.29) is 0 Å². The van der Waals surface area contributed by atoms with Gasteiger partial charge in [0, 0.05) is 10.6 Å². The van der Waals surface area contributed by atoms with Gasteiger partial charge in [-0.15, -0.1) is 11.8 Å². The highest BCUT2D eigenvalue weighted by atomic mass is 32.2. The van der Waals surface area contributed by atoms with Crippen molar-refractivity contribution in [3.63, 3.8) is 0 Å². The molecule has 0 atom stereocenters. The summed E-state index contributed by atoms with van der Waals surface area (Å²) in [6, 6.07) is 14.4. The van der Waals surface area contributed by atoms with E-state index in [0.29, 0.717) is 6.61 Å². The molecule has 0 aliphatic rings. The van der Waals surface area contributed by atoms with E-state index < -0.39 is 0 Å². The predicted molar refractivity (Wildman–Crippen MR) is 87.4 cm³/mol. The number of nitrogens with two attached hydrogens (primary N) is 1. The Balaban J connectivity index is 2.08. The first-order valence-electron chi connectivity index (χ1n) is 6.91. The van der Waals surface area contributed by atoms with Crippen molar-refractivity contribution in [1.82, 2.24) is 0 Å². The van der Waals surface area contributed by atoms with Gasteiger partial charge in [0.1, 0.15) is 5.75 Å². The Morgan fingerprint density at radius 2 is 1.90 bits per heavy atom. The Bertz CT molecular complexity index is 569. The maximum atomic E-state index is 6.18. The van der Waals surface area contributed by atoms with Crippen LogP contribution in [0.3, 0.4) is 0 Å². The average Bonchev–Trinajstić information content (AvgIpc) is 2.46. The molecule has 0 amide bonds. The molecule has 2 nitrogen and oxygen atoms in total. The third-order valence-electron chi connectivity index (χ3n) is 3.13. The summed E-state index contributed by atoms with van der Waals surface area (Å²) in [6.07, 6.45) is 0.986. The van der Waals surface area contributed by atoms with Crippen LogP contribution in [0.4, 0.5) is 5.69 Å². The third kappa shape index (κ3) is 3.70. The van der Waals surface area contributed by atoms with Gasteiger partial charge in [-0.25, -0.2) is 0 Å². The minimum absolute atomic E-state index is 0.704. The number of anilines is 1. The molecule has 0 aliphatic carbocycles. The van der Waals surface area contributed by atoms with Crippen LogP contribution in [0.5, 0.6) is 5.75 Å². The number of thioether (sulfide) groups is 1. The minimum atomic E-state index is 0.704. The Morgan fingerprint density at radius 3 is 2.65 bits per heavy atom. The molecule has 2 N–H and O–H groups in total. The fourth-order valence-corrected chi connectivity index (χ4v) is 2.98. The van der Waals surface area contributed by atoms with Crippen LogP contribution in [0.2, 0.25) is 0 Å². The molecular weight excluding hydrogens is 266 g/mol. The van der Waals surface area contributed by atoms with Crippen LogP contribution in [0, 0.1) is 6.92 Å². The van der Waals surface area contributed by atoms with Gasteiger partial charge in [-0.2, -0.15) is 0 Å². The van der Waals surface area contributed by atoms with Crippen molar-refractivity contribution < 1.29 is 4.74 Å². The van der Waals surface area contributed by atoms with Crippen molar-refractivity contribution in [2.45, 2.75) is 30.9 Å². The van der Waals surface area contributed by atoms with Gasteiger partial charge in [-0.3, -0.25) is 0 Å². The lowest BCUT2D eigenvalue weighted by atomic mass is 10.1. The monoisotopic (exact) mass is 287 g/mol. The van der Waals surface area contributed by atoms with E-state index in [0.717, 1.165) is 28.5 Å². The highest BCUT2D eigenvalue weighted by Crippen LogP contribution is 2.34. The molecule has 0 aliphatic heterocycles. The Labute approximate surface area is 125 Å². The second kappa shape index (κ2) is 7.25. The molecule has 0 aromatic heterocycles. The maximum absolute atomic E-state index is 6.18. The van der Waals surface area contributed by atoms with Crippen LogP contribution in [0.1, 0.15) is 24.5 Å². The minimum Gasteiger partial charge on any atom is -0.491 e. The Hall–Kier alpha value is -1.61. The van der Waals surface area contributed by atoms with E-state index in [1.54, 1.807) is 11.8 Å². The summed E-state index contributed by atoms with van der Waals surface area (Å²) in [4.78, 5) is 1.09. The molecule has 0 fully saturated rings. The van der Waals surface area contributed by atoms with Crippen LogP contribution in [-0.2, 0) is 5.75 Å². The first kappa shape index (κ1) is 14.8. The number of ether oxygens (including phenoxy) is 1. The molecule has 2 aromatic rings. The number of hydrogen-bond acceptors (Lipinski definition) is 3. The number of rotatable bonds is 6. The number of hydrogen-bond donors (Lipinski definition) is 1. The maximum Gasteiger partial charge on any atom is 0.143 e. The molecule has 0 unspecified atom stereocenters. The zero-order chi connectivity index (χ0) is 14.4. The molecule has 2 rings (SSSR count). The predicted octanol–water partition coefficient (Wildman–Crippen LogP) is 4.66. The van der Waals surface area contributed by atoms with Gasteiger partial charge < -0.3 is 10.5 Å². The molecule has 106 valence electrons. The van der Waals surface area contributed by atoms with Crippen LogP contribution >= 0.6 is 11.8 Å². The summed E-state index contributed by atoms with van der Waals surface area (Å²) in [5.41, 5.74) is 9.59. The van der Waals surface area contributed by atoms with Gasteiger partial charge in [0.25, 0.3) is 0 Å². The molecule has 0 saturated carbocycles. The van der Waals surface area contributed by atoms with Gasteiger partial charge in [-0.1, -0.05) is 37.3 Å². The van der Waals surface area contributed by atoms with Crippen molar-refractivity contribution in [3.05, 3.63) is 53.6 Å². The molecular formula is C17H21NOS. The second-order valence-electron chi connectivity index (χ2n) is 4.73. The van der Waals surface area contributed by atoms with Crippen molar-refractivity contribution >= 4 is 17.4 Å². The summed E-state index contributed by atoms with van der Waals surface area (Å²) in [6.45, 7) is 4.93. The average molecular weight is 287 g/mol. The zero-order valence-corrected chi connectivity index (χ0v) is 12.9. The summed E-state index contributed by atoms with van der Waals surface area (Å²) >= 11 is 1.76. The van der Waals surface area contributed by atoms with Gasteiger partial charge in [-0.05, 0) is 36.6 Å². The molecule has 2 aromatic carbocycles. The van der Waals surface area contributed by atoms with Gasteiger partial charge in [0.05, 0.1) is 12.3 Å². The smallest absolute Gasteiger partial charge is 0.143 e. The van der Waals surface area contributed by atoms with E-state index in [2.05, 4.69) is 44.2 Å². The van der Waals surface area contributed by atoms with Crippen molar-refractivity contribution in [2.24, 2.45) is 0 Å². The molecule has 0 spiro atoms. The summed E-state index contributed by atoms with van der Waals surface area (Å²) in [7, 11) is 0. The zero-order valence-electron chi connectivity index (χ0n) is 12.1. The molecule has 0 heterocycles. The lowest BCUT2D eigenvalue weighted by molar-refractivity contribution is 0.318. The van der Waals surface area contributed by atoms with Crippen LogP contribution in [0.25, 0.3) is 0 Å². The van der Waals surface area contributed by atoms with E-state index in [1.807, 2.05) is 12.1 Å². The molecule has 20 heavy (non-hydrogen) atoms. The third-order valence-corrected chi connectivity index (χ3v) is 4.25. The summed E-state index contributed by atoms with van der Waals surface area (Å²) < 4.78 is 5.66. The normalized spacial score (nSPS) is 10.5. The largest absolute Gasteiger partial charge is 0.491 e. The first-order chi connectivity index (χ1) is 9.72. The number of nitrogen functional groups attached to an aromatic ring is 1. The first-order valence-corrected chi connectivity index (χ1v) is 7.89. The lowest BCUT2D eigenvalue weighted by Gasteiger charge is -2.12. The highest BCUT2D eigenvalue weighted by molar-refractivity contribution is 7.98. The van der Waals surface area contributed by atoms with Crippen LogP contribution in [0.15, 0.2) is 47.4 Å². The Morgan fingerprint density at radius 1 is 1.10 bits per heavy atom. The SMILES string of the molecule is CCCOc1cccc(SCc2ccccc2C)c1N. The quantitative estimate of drug-likeness (QED) is 0.620. The highest BCUT2D eigenvalue weighted by Gasteiger charge is 2.07. The van der Waals surface area contributed by atoms with Crippen molar-refractivity contribution in [1.29, 1.82) is 0 Å².